The standard InChI is InChI=1S/C25H31N3O5/c1-17(18-10-12-20(13-11-18)19-8-6-5-7-9-19)33-16-21(22(29)26-32)14-15-28-23(30)25(2,3)27(4)24(28)31/h5-13,17,21,32H,14-16H2,1-4H3,(H,26,29). The van der Waals surface area contributed by atoms with E-state index >= 15 is 0 Å². The van der Waals surface area contributed by atoms with Crippen LogP contribution in [0.25, 0.3) is 11.1 Å². The number of ether oxygens (including phenoxy) is 1. The van der Waals surface area contributed by atoms with Gasteiger partial charge in [-0.2, -0.15) is 0 Å². The number of nitrogens with one attached hydrogen (secondary N) is 1. The molecule has 4 amide bonds. The Morgan fingerprint density at radius 1 is 1.06 bits per heavy atom. The molecule has 0 saturated carbocycles. The van der Waals surface area contributed by atoms with Gasteiger partial charge in [-0.3, -0.25) is 19.7 Å². The van der Waals surface area contributed by atoms with Crippen molar-refractivity contribution in [3.05, 3.63) is 60.2 Å². The molecule has 176 valence electrons. The number of amides is 4. The molecule has 0 aromatic heterocycles. The van der Waals surface area contributed by atoms with Crippen LogP contribution in [-0.4, -0.2) is 58.6 Å². The highest BCUT2D eigenvalue weighted by Crippen LogP contribution is 2.27. The van der Waals surface area contributed by atoms with Crippen LogP contribution in [0.5, 0.6) is 0 Å². The number of hydrogen-bond acceptors (Lipinski definition) is 5. The molecule has 3 rings (SSSR count). The lowest BCUT2D eigenvalue weighted by molar-refractivity contribution is -0.138. The smallest absolute Gasteiger partial charge is 0.327 e. The quantitative estimate of drug-likeness (QED) is 0.343. The zero-order valence-corrected chi connectivity index (χ0v) is 19.4. The molecule has 2 aromatic carbocycles. The minimum atomic E-state index is -0.928. The summed E-state index contributed by atoms with van der Waals surface area (Å²) in [5.41, 5.74) is 3.90. The Bertz CT molecular complexity index is 991. The van der Waals surface area contributed by atoms with Crippen molar-refractivity contribution in [1.82, 2.24) is 15.3 Å². The molecule has 2 aromatic rings. The van der Waals surface area contributed by atoms with Crippen LogP contribution in [0, 0.1) is 5.92 Å². The highest BCUT2D eigenvalue weighted by molar-refractivity contribution is 6.06. The summed E-state index contributed by atoms with van der Waals surface area (Å²) >= 11 is 0. The molecule has 1 heterocycles. The van der Waals surface area contributed by atoms with Crippen LogP contribution in [0.3, 0.4) is 0 Å². The molecule has 2 unspecified atom stereocenters. The van der Waals surface area contributed by atoms with Crippen LogP contribution in [0.15, 0.2) is 54.6 Å². The third-order valence-electron chi connectivity index (χ3n) is 6.34. The molecule has 8 nitrogen and oxygen atoms in total. The Morgan fingerprint density at radius 3 is 2.21 bits per heavy atom. The number of carbonyl (C=O) groups excluding carboxylic acids is 3. The number of imide groups is 1. The van der Waals surface area contributed by atoms with Gasteiger partial charge in [0.25, 0.3) is 5.91 Å². The zero-order chi connectivity index (χ0) is 24.2. The summed E-state index contributed by atoms with van der Waals surface area (Å²) in [5.74, 6) is -1.66. The van der Waals surface area contributed by atoms with E-state index in [9.17, 15) is 14.4 Å². The Kier molecular flexibility index (Phi) is 7.50. The van der Waals surface area contributed by atoms with Gasteiger partial charge in [0.1, 0.15) is 5.54 Å². The first-order valence-electron chi connectivity index (χ1n) is 11.0. The van der Waals surface area contributed by atoms with E-state index in [1.54, 1.807) is 26.4 Å². The molecule has 2 atom stereocenters. The lowest BCUT2D eigenvalue weighted by Gasteiger charge is -2.22. The van der Waals surface area contributed by atoms with E-state index in [1.807, 2.05) is 61.5 Å². The van der Waals surface area contributed by atoms with Gasteiger partial charge >= 0.3 is 6.03 Å². The third-order valence-corrected chi connectivity index (χ3v) is 6.34. The van der Waals surface area contributed by atoms with Crippen LogP contribution in [0.1, 0.15) is 38.9 Å². The largest absolute Gasteiger partial charge is 0.373 e. The van der Waals surface area contributed by atoms with Crippen LogP contribution >= 0.6 is 0 Å². The molecule has 1 aliphatic heterocycles. The molecule has 8 heteroatoms. The Morgan fingerprint density at radius 2 is 1.67 bits per heavy atom. The fourth-order valence-corrected chi connectivity index (χ4v) is 3.78. The summed E-state index contributed by atoms with van der Waals surface area (Å²) in [6.07, 6.45) is -0.114. The molecule has 1 aliphatic rings. The first-order valence-corrected chi connectivity index (χ1v) is 11.0. The number of urea groups is 1. The zero-order valence-electron chi connectivity index (χ0n) is 19.4. The van der Waals surface area contributed by atoms with Crippen molar-refractivity contribution in [3.8, 4) is 11.1 Å². The van der Waals surface area contributed by atoms with Crippen molar-refractivity contribution in [3.63, 3.8) is 0 Å². The van der Waals surface area contributed by atoms with Crippen LogP contribution in [0.2, 0.25) is 0 Å². The summed E-state index contributed by atoms with van der Waals surface area (Å²) in [5, 5.41) is 9.14. The fraction of sp³-hybridized carbons (Fsp3) is 0.400. The second-order valence-electron chi connectivity index (χ2n) is 8.78. The highest BCUT2D eigenvalue weighted by atomic mass is 16.5. The minimum absolute atomic E-state index is 0.0312. The van der Waals surface area contributed by atoms with Crippen molar-refractivity contribution in [2.24, 2.45) is 5.92 Å². The van der Waals surface area contributed by atoms with Gasteiger partial charge in [0.15, 0.2) is 0 Å². The summed E-state index contributed by atoms with van der Waals surface area (Å²) < 4.78 is 5.92. The van der Waals surface area contributed by atoms with Crippen LogP contribution < -0.4 is 5.48 Å². The van der Waals surface area contributed by atoms with E-state index < -0.39 is 23.4 Å². The predicted octanol–water partition coefficient (Wildman–Crippen LogP) is 3.62. The van der Waals surface area contributed by atoms with E-state index in [0.717, 1.165) is 21.6 Å². The predicted molar refractivity (Wildman–Crippen MR) is 123 cm³/mol. The molecule has 1 saturated heterocycles. The molecule has 0 aliphatic carbocycles. The van der Waals surface area contributed by atoms with Gasteiger partial charge in [0.2, 0.25) is 5.91 Å². The average molecular weight is 454 g/mol. The maximum atomic E-state index is 12.6. The van der Waals surface area contributed by atoms with Gasteiger partial charge in [-0.15, -0.1) is 0 Å². The van der Waals surface area contributed by atoms with E-state index in [2.05, 4.69) is 0 Å². The Labute approximate surface area is 194 Å². The van der Waals surface area contributed by atoms with E-state index in [-0.39, 0.29) is 31.6 Å². The van der Waals surface area contributed by atoms with Crippen LogP contribution in [0.4, 0.5) is 4.79 Å². The summed E-state index contributed by atoms with van der Waals surface area (Å²) in [6.45, 7) is 5.34. The number of carbonyl (C=O) groups is 3. The molecular formula is C25H31N3O5. The number of nitrogens with zero attached hydrogens (tertiary/aromatic N) is 2. The molecule has 0 spiro atoms. The van der Waals surface area contributed by atoms with E-state index in [1.165, 1.54) is 4.90 Å². The summed E-state index contributed by atoms with van der Waals surface area (Å²) in [4.78, 5) is 39.7. The van der Waals surface area contributed by atoms with Gasteiger partial charge in [-0.1, -0.05) is 54.6 Å². The maximum absolute atomic E-state index is 12.6. The second-order valence-corrected chi connectivity index (χ2v) is 8.78. The van der Waals surface area contributed by atoms with Crippen molar-refractivity contribution in [2.45, 2.75) is 38.8 Å². The van der Waals surface area contributed by atoms with Crippen molar-refractivity contribution < 1.29 is 24.3 Å². The van der Waals surface area contributed by atoms with E-state index in [0.29, 0.717) is 0 Å². The van der Waals surface area contributed by atoms with E-state index in [4.69, 9.17) is 9.94 Å². The van der Waals surface area contributed by atoms with Crippen molar-refractivity contribution in [2.75, 3.05) is 20.2 Å². The topological polar surface area (TPSA) is 99.2 Å². The maximum Gasteiger partial charge on any atom is 0.327 e. The monoisotopic (exact) mass is 453 g/mol. The normalized spacial score (nSPS) is 17.2. The van der Waals surface area contributed by atoms with Gasteiger partial charge < -0.3 is 9.64 Å². The number of benzene rings is 2. The number of rotatable bonds is 9. The van der Waals surface area contributed by atoms with Gasteiger partial charge in [-0.05, 0) is 43.9 Å². The van der Waals surface area contributed by atoms with Crippen molar-refractivity contribution in [1.29, 1.82) is 0 Å². The lowest BCUT2D eigenvalue weighted by atomic mass is 10.0. The number of likely N-dealkylation sites (N-methyl/N-ethyl adjacent to an activating group) is 1. The SMILES string of the molecule is CC(OCC(CCN1C(=O)N(C)C(C)(C)C1=O)C(=O)NO)c1ccc(-c2ccccc2)cc1. The molecule has 2 N–H and O–H groups in total. The lowest BCUT2D eigenvalue weighted by Crippen LogP contribution is -2.42. The van der Waals surface area contributed by atoms with Gasteiger partial charge in [0, 0.05) is 13.6 Å². The van der Waals surface area contributed by atoms with Gasteiger partial charge in [-0.25, -0.2) is 10.3 Å². The number of hydroxylamine groups is 1. The van der Waals surface area contributed by atoms with Gasteiger partial charge in [0.05, 0.1) is 18.6 Å². The average Bonchev–Trinajstić information content (AvgIpc) is 2.98. The number of hydrogen-bond donors (Lipinski definition) is 2. The first-order chi connectivity index (χ1) is 15.7. The molecule has 0 radical (unpaired) electrons. The second kappa shape index (κ2) is 10.1. The third kappa shape index (κ3) is 5.23. The summed E-state index contributed by atoms with van der Waals surface area (Å²) in [7, 11) is 1.58. The Balaban J connectivity index is 1.60. The first kappa shape index (κ1) is 24.4. The molecule has 1 fully saturated rings. The molecule has 33 heavy (non-hydrogen) atoms. The summed E-state index contributed by atoms with van der Waals surface area (Å²) in [6, 6.07) is 17.6. The fourth-order valence-electron chi connectivity index (χ4n) is 3.78. The molecular weight excluding hydrogens is 422 g/mol. The minimum Gasteiger partial charge on any atom is -0.373 e. The van der Waals surface area contributed by atoms with Crippen molar-refractivity contribution >= 4 is 17.8 Å². The molecule has 0 bridgehead atoms. The Hall–Kier alpha value is -3.23. The van der Waals surface area contributed by atoms with Crippen LogP contribution in [-0.2, 0) is 14.3 Å². The highest BCUT2D eigenvalue weighted by Gasteiger charge is 2.49.